The maximum Gasteiger partial charge on any atom is 0.229 e. The van der Waals surface area contributed by atoms with Gasteiger partial charge in [-0.15, -0.1) is 12.4 Å². The van der Waals surface area contributed by atoms with Gasteiger partial charge in [-0.1, -0.05) is 12.1 Å². The molecule has 1 aromatic carbocycles. The van der Waals surface area contributed by atoms with Gasteiger partial charge in [0.2, 0.25) is 5.91 Å². The molecule has 4 nitrogen and oxygen atoms in total. The normalized spacial score (nSPS) is 21.8. The van der Waals surface area contributed by atoms with Gasteiger partial charge in [0.05, 0.1) is 17.3 Å². The molecule has 2 unspecified atom stereocenters. The van der Waals surface area contributed by atoms with Crippen molar-refractivity contribution in [1.29, 1.82) is 0 Å². The number of nitrogens with zero attached hydrogens (tertiary/aromatic N) is 1. The van der Waals surface area contributed by atoms with Crippen molar-refractivity contribution in [3.05, 3.63) is 24.3 Å². The third-order valence-corrected chi connectivity index (χ3v) is 3.74. The largest absolute Gasteiger partial charge is 0.376 e. The monoisotopic (exact) mass is 297 g/mol. The highest BCUT2D eigenvalue weighted by atomic mass is 35.5. The van der Waals surface area contributed by atoms with Crippen LogP contribution in [0.4, 0.5) is 11.4 Å². The van der Waals surface area contributed by atoms with Crippen LogP contribution in [0.3, 0.4) is 0 Å². The van der Waals surface area contributed by atoms with Crippen molar-refractivity contribution in [2.24, 2.45) is 5.92 Å². The summed E-state index contributed by atoms with van der Waals surface area (Å²) in [4.78, 5) is 14.4. The molecule has 20 heavy (non-hydrogen) atoms. The number of amides is 1. The van der Waals surface area contributed by atoms with E-state index in [2.05, 4.69) is 17.6 Å². The molecule has 1 amide bonds. The highest BCUT2D eigenvalue weighted by Crippen LogP contribution is 2.25. The molecule has 112 valence electrons. The molecule has 1 aromatic rings. The van der Waals surface area contributed by atoms with Gasteiger partial charge in [0.25, 0.3) is 0 Å². The number of para-hydroxylation sites is 2. The minimum absolute atomic E-state index is 0. The van der Waals surface area contributed by atoms with Crippen LogP contribution in [0.1, 0.15) is 19.8 Å². The highest BCUT2D eigenvalue weighted by molar-refractivity contribution is 5.96. The van der Waals surface area contributed by atoms with Crippen LogP contribution in [0.2, 0.25) is 0 Å². The molecule has 1 heterocycles. The van der Waals surface area contributed by atoms with Crippen LogP contribution in [0.5, 0.6) is 0 Å². The first-order chi connectivity index (χ1) is 9.09. The van der Waals surface area contributed by atoms with Gasteiger partial charge < -0.3 is 15.5 Å². The number of hydrogen-bond acceptors (Lipinski definition) is 3. The number of piperidine rings is 1. The summed E-state index contributed by atoms with van der Waals surface area (Å²) in [6, 6.07) is 8.15. The minimum Gasteiger partial charge on any atom is -0.376 e. The molecule has 1 aliphatic rings. The fourth-order valence-corrected chi connectivity index (χ4v) is 2.60. The molecule has 1 aliphatic heterocycles. The van der Waals surface area contributed by atoms with Crippen LogP contribution in [-0.4, -0.2) is 32.6 Å². The summed E-state index contributed by atoms with van der Waals surface area (Å²) < 4.78 is 0. The fourth-order valence-electron chi connectivity index (χ4n) is 2.60. The Labute approximate surface area is 127 Å². The van der Waals surface area contributed by atoms with Crippen molar-refractivity contribution in [3.8, 4) is 0 Å². The SMILES string of the molecule is CC1NCCCC1C(=O)Nc1ccccc1N(C)C.Cl. The fraction of sp³-hybridized carbons (Fsp3) is 0.533. The third kappa shape index (κ3) is 3.87. The van der Waals surface area contributed by atoms with Gasteiger partial charge in [-0.2, -0.15) is 0 Å². The van der Waals surface area contributed by atoms with Gasteiger partial charge in [-0.25, -0.2) is 0 Å². The van der Waals surface area contributed by atoms with Crippen LogP contribution < -0.4 is 15.5 Å². The second-order valence-corrected chi connectivity index (χ2v) is 5.39. The topological polar surface area (TPSA) is 44.4 Å². The Morgan fingerprint density at radius 3 is 2.70 bits per heavy atom. The summed E-state index contributed by atoms with van der Waals surface area (Å²) in [7, 11) is 3.96. The summed E-state index contributed by atoms with van der Waals surface area (Å²) in [5.41, 5.74) is 1.92. The Hall–Kier alpha value is -1.26. The van der Waals surface area contributed by atoms with Crippen molar-refractivity contribution in [2.75, 3.05) is 30.9 Å². The summed E-state index contributed by atoms with van der Waals surface area (Å²) in [5, 5.41) is 6.44. The van der Waals surface area contributed by atoms with E-state index in [0.29, 0.717) is 0 Å². The van der Waals surface area contributed by atoms with E-state index in [1.165, 1.54) is 0 Å². The third-order valence-electron chi connectivity index (χ3n) is 3.74. The van der Waals surface area contributed by atoms with Gasteiger partial charge >= 0.3 is 0 Å². The zero-order valence-corrected chi connectivity index (χ0v) is 13.2. The molecule has 0 aromatic heterocycles. The van der Waals surface area contributed by atoms with Crippen molar-refractivity contribution in [2.45, 2.75) is 25.8 Å². The average Bonchev–Trinajstić information content (AvgIpc) is 2.39. The molecular formula is C15H24ClN3O. The molecule has 0 saturated carbocycles. The Bertz CT molecular complexity index is 450. The van der Waals surface area contributed by atoms with Crippen molar-refractivity contribution in [3.63, 3.8) is 0 Å². The molecular weight excluding hydrogens is 274 g/mol. The predicted molar refractivity (Wildman–Crippen MR) is 86.8 cm³/mol. The Balaban J connectivity index is 0.00000200. The summed E-state index contributed by atoms with van der Waals surface area (Å²) in [6.45, 7) is 3.10. The van der Waals surface area contributed by atoms with Gasteiger partial charge in [0.1, 0.15) is 0 Å². The van der Waals surface area contributed by atoms with Crippen LogP contribution in [0, 0.1) is 5.92 Å². The van der Waals surface area contributed by atoms with Crippen LogP contribution in [-0.2, 0) is 4.79 Å². The van der Waals surface area contributed by atoms with E-state index in [0.717, 1.165) is 30.8 Å². The zero-order chi connectivity index (χ0) is 13.8. The number of halogens is 1. The number of carbonyl (C=O) groups is 1. The van der Waals surface area contributed by atoms with E-state index < -0.39 is 0 Å². The van der Waals surface area contributed by atoms with E-state index in [-0.39, 0.29) is 30.3 Å². The second kappa shape index (κ2) is 7.50. The maximum absolute atomic E-state index is 12.4. The first-order valence-corrected chi connectivity index (χ1v) is 6.90. The molecule has 1 fully saturated rings. The number of anilines is 2. The van der Waals surface area contributed by atoms with Crippen molar-refractivity contribution >= 4 is 29.7 Å². The predicted octanol–water partition coefficient (Wildman–Crippen LogP) is 2.50. The van der Waals surface area contributed by atoms with Crippen LogP contribution in [0.25, 0.3) is 0 Å². The standard InChI is InChI=1S/C15H23N3O.ClH/c1-11-12(7-6-10-16-11)15(19)17-13-8-4-5-9-14(13)18(2)3;/h4-5,8-9,11-12,16H,6-7,10H2,1-3H3,(H,17,19);1H. The number of rotatable bonds is 3. The number of nitrogens with one attached hydrogen (secondary N) is 2. The quantitative estimate of drug-likeness (QED) is 0.901. The molecule has 2 atom stereocenters. The number of hydrogen-bond donors (Lipinski definition) is 2. The van der Waals surface area contributed by atoms with E-state index in [9.17, 15) is 4.79 Å². The Morgan fingerprint density at radius 1 is 1.35 bits per heavy atom. The minimum atomic E-state index is 0. The van der Waals surface area contributed by atoms with Gasteiger partial charge in [0.15, 0.2) is 0 Å². The van der Waals surface area contributed by atoms with Crippen LogP contribution in [0.15, 0.2) is 24.3 Å². The molecule has 1 saturated heterocycles. The lowest BCUT2D eigenvalue weighted by molar-refractivity contribution is -0.121. The molecule has 0 bridgehead atoms. The number of carbonyl (C=O) groups excluding carboxylic acids is 1. The first kappa shape index (κ1) is 16.8. The van der Waals surface area contributed by atoms with Crippen LogP contribution >= 0.6 is 12.4 Å². The van der Waals surface area contributed by atoms with Crippen molar-refractivity contribution in [1.82, 2.24) is 5.32 Å². The van der Waals surface area contributed by atoms with Gasteiger partial charge in [-0.3, -0.25) is 4.79 Å². The zero-order valence-electron chi connectivity index (χ0n) is 12.3. The lowest BCUT2D eigenvalue weighted by Gasteiger charge is -2.29. The highest BCUT2D eigenvalue weighted by Gasteiger charge is 2.27. The van der Waals surface area contributed by atoms with E-state index in [4.69, 9.17) is 0 Å². The average molecular weight is 298 g/mol. The van der Waals surface area contributed by atoms with E-state index in [1.54, 1.807) is 0 Å². The van der Waals surface area contributed by atoms with E-state index in [1.807, 2.05) is 43.3 Å². The molecule has 0 aliphatic carbocycles. The summed E-state index contributed by atoms with van der Waals surface area (Å²) in [6.07, 6.45) is 2.03. The second-order valence-electron chi connectivity index (χ2n) is 5.39. The Kier molecular flexibility index (Phi) is 6.30. The first-order valence-electron chi connectivity index (χ1n) is 6.90. The molecule has 2 N–H and O–H groups in total. The molecule has 2 rings (SSSR count). The van der Waals surface area contributed by atoms with E-state index >= 15 is 0 Å². The lowest BCUT2D eigenvalue weighted by Crippen LogP contribution is -2.44. The molecule has 5 heteroatoms. The smallest absolute Gasteiger partial charge is 0.229 e. The lowest BCUT2D eigenvalue weighted by atomic mass is 9.91. The maximum atomic E-state index is 12.4. The van der Waals surface area contributed by atoms with Gasteiger partial charge in [0, 0.05) is 20.1 Å². The molecule has 0 radical (unpaired) electrons. The Morgan fingerprint density at radius 2 is 2.05 bits per heavy atom. The van der Waals surface area contributed by atoms with Crippen molar-refractivity contribution < 1.29 is 4.79 Å². The summed E-state index contributed by atoms with van der Waals surface area (Å²) in [5.74, 6) is 0.179. The van der Waals surface area contributed by atoms with Gasteiger partial charge in [-0.05, 0) is 38.4 Å². The number of benzene rings is 1. The molecule has 0 spiro atoms. The summed E-state index contributed by atoms with van der Waals surface area (Å²) >= 11 is 0.